The normalized spacial score (nSPS) is 19.4. The van der Waals surface area contributed by atoms with Gasteiger partial charge in [0, 0.05) is 28.7 Å². The van der Waals surface area contributed by atoms with Crippen molar-refractivity contribution >= 4 is 52.3 Å². The van der Waals surface area contributed by atoms with E-state index in [1.54, 1.807) is 0 Å². The number of carbonyl (C=O) groups is 2. The van der Waals surface area contributed by atoms with Crippen LogP contribution in [-0.4, -0.2) is 22.3 Å². The molecule has 2 unspecified atom stereocenters. The van der Waals surface area contributed by atoms with Crippen molar-refractivity contribution < 1.29 is 31.5 Å². The number of halogens is 8. The lowest BCUT2D eigenvalue weighted by atomic mass is 10.1. The van der Waals surface area contributed by atoms with Gasteiger partial charge in [-0.3, -0.25) is 9.59 Å². The van der Waals surface area contributed by atoms with E-state index in [1.807, 2.05) is 5.32 Å². The molecule has 0 radical (unpaired) electrons. The molecule has 32 heavy (non-hydrogen) atoms. The molecule has 3 rings (SSSR count). The van der Waals surface area contributed by atoms with Crippen LogP contribution in [0.2, 0.25) is 5.02 Å². The molecule has 1 aliphatic carbocycles. The molecule has 4 nitrogen and oxygen atoms in total. The number of nitrogens with one attached hydrogen (secondary N) is 2. The highest BCUT2D eigenvalue weighted by Gasteiger charge is 2.67. The quantitative estimate of drug-likeness (QED) is 0.382. The van der Waals surface area contributed by atoms with E-state index in [2.05, 4.69) is 5.32 Å². The van der Waals surface area contributed by atoms with Gasteiger partial charge in [0.25, 0.3) is 0 Å². The van der Waals surface area contributed by atoms with E-state index < -0.39 is 58.8 Å². The van der Waals surface area contributed by atoms with E-state index in [0.29, 0.717) is 5.56 Å². The summed E-state index contributed by atoms with van der Waals surface area (Å²) in [7, 11) is 0. The number of benzene rings is 2. The topological polar surface area (TPSA) is 58.2 Å². The first-order chi connectivity index (χ1) is 14.8. The van der Waals surface area contributed by atoms with Crippen molar-refractivity contribution in [3.63, 3.8) is 0 Å². The molecule has 2 aromatic carbocycles. The summed E-state index contributed by atoms with van der Waals surface area (Å²) in [5.74, 6) is -5.10. The molecule has 0 aliphatic heterocycles. The van der Waals surface area contributed by atoms with Crippen LogP contribution in [0.15, 0.2) is 36.4 Å². The zero-order valence-electron chi connectivity index (χ0n) is 15.9. The third kappa shape index (κ3) is 5.82. The molecule has 0 bridgehead atoms. The van der Waals surface area contributed by atoms with Crippen molar-refractivity contribution in [3.8, 4) is 0 Å². The van der Waals surface area contributed by atoms with Gasteiger partial charge < -0.3 is 10.6 Å². The van der Waals surface area contributed by atoms with Gasteiger partial charge in [-0.2, -0.15) is 13.2 Å². The van der Waals surface area contributed by atoms with Gasteiger partial charge in [-0.25, -0.2) is 8.78 Å². The first-order valence-corrected chi connectivity index (χ1v) is 10.2. The Kier molecular flexibility index (Phi) is 6.93. The van der Waals surface area contributed by atoms with E-state index in [-0.39, 0.29) is 16.3 Å². The molecule has 0 aromatic heterocycles. The fourth-order valence-corrected chi connectivity index (χ4v) is 4.33. The van der Waals surface area contributed by atoms with Crippen LogP contribution in [0, 0.1) is 17.6 Å². The Bertz CT molecular complexity index is 1040. The van der Waals surface area contributed by atoms with Crippen LogP contribution in [-0.2, 0) is 16.1 Å². The summed E-state index contributed by atoms with van der Waals surface area (Å²) in [6, 6.07) is 7.02. The highest BCUT2D eigenvalue weighted by molar-refractivity contribution is 6.53. The number of amides is 2. The van der Waals surface area contributed by atoms with Crippen LogP contribution >= 0.6 is 34.8 Å². The van der Waals surface area contributed by atoms with Crippen LogP contribution in [0.1, 0.15) is 23.5 Å². The predicted octanol–water partition coefficient (Wildman–Crippen LogP) is 5.71. The number of alkyl halides is 5. The third-order valence-corrected chi connectivity index (χ3v) is 5.89. The van der Waals surface area contributed by atoms with Crippen molar-refractivity contribution in [1.82, 2.24) is 5.32 Å². The van der Waals surface area contributed by atoms with Gasteiger partial charge in [0.2, 0.25) is 11.8 Å². The zero-order chi connectivity index (χ0) is 23.8. The Hall–Kier alpha value is -2.10. The van der Waals surface area contributed by atoms with Crippen molar-refractivity contribution in [2.45, 2.75) is 29.4 Å². The van der Waals surface area contributed by atoms with Gasteiger partial charge in [-0.1, -0.05) is 11.6 Å². The standard InChI is InChI=1S/C20H14Cl3F5N2O2/c21-11-3-9(4-12(24)6-11)16-17(20(16,22)23)18(32)30-13-1-2-14(25)10(5-13)8-29-15(31)7-19(26,27)28/h1-6,16-17H,7-8H2,(H,29,31)(H,30,32). The molecule has 0 heterocycles. The van der Waals surface area contributed by atoms with Gasteiger partial charge in [-0.05, 0) is 42.0 Å². The number of anilines is 1. The van der Waals surface area contributed by atoms with Crippen molar-refractivity contribution in [2.24, 2.45) is 5.92 Å². The van der Waals surface area contributed by atoms with E-state index in [4.69, 9.17) is 34.8 Å². The summed E-state index contributed by atoms with van der Waals surface area (Å²) >= 11 is 18.3. The molecule has 2 N–H and O–H groups in total. The smallest absolute Gasteiger partial charge is 0.352 e. The summed E-state index contributed by atoms with van der Waals surface area (Å²) in [6.45, 7) is -0.521. The fourth-order valence-electron chi connectivity index (χ4n) is 3.27. The first kappa shape index (κ1) is 24.5. The van der Waals surface area contributed by atoms with E-state index in [1.165, 1.54) is 12.1 Å². The van der Waals surface area contributed by atoms with Gasteiger partial charge >= 0.3 is 6.18 Å². The molecule has 1 fully saturated rings. The number of rotatable bonds is 6. The molecule has 1 aliphatic rings. The van der Waals surface area contributed by atoms with Crippen LogP contribution in [0.3, 0.4) is 0 Å². The molecular weight excluding hydrogens is 502 g/mol. The minimum Gasteiger partial charge on any atom is -0.352 e. The fraction of sp³-hybridized carbons (Fsp3) is 0.300. The summed E-state index contributed by atoms with van der Waals surface area (Å²) in [5.41, 5.74) is 0.279. The second kappa shape index (κ2) is 9.03. The third-order valence-electron chi connectivity index (χ3n) is 4.73. The molecule has 2 amide bonds. The highest BCUT2D eigenvalue weighted by atomic mass is 35.5. The van der Waals surface area contributed by atoms with E-state index in [9.17, 15) is 31.5 Å². The molecular formula is C20H14Cl3F5N2O2. The van der Waals surface area contributed by atoms with Crippen LogP contribution < -0.4 is 10.6 Å². The molecule has 0 saturated heterocycles. The Labute approximate surface area is 194 Å². The maximum atomic E-state index is 14.0. The average Bonchev–Trinajstić information content (AvgIpc) is 3.22. The van der Waals surface area contributed by atoms with E-state index >= 15 is 0 Å². The summed E-state index contributed by atoms with van der Waals surface area (Å²) < 4.78 is 62.8. The highest BCUT2D eigenvalue weighted by Crippen LogP contribution is 2.65. The van der Waals surface area contributed by atoms with E-state index in [0.717, 1.165) is 24.3 Å². The molecule has 172 valence electrons. The first-order valence-electron chi connectivity index (χ1n) is 9.04. The molecule has 2 atom stereocenters. The number of carbonyl (C=O) groups excluding carboxylic acids is 2. The van der Waals surface area contributed by atoms with Crippen LogP contribution in [0.4, 0.5) is 27.6 Å². The monoisotopic (exact) mass is 514 g/mol. The summed E-state index contributed by atoms with van der Waals surface area (Å²) in [4.78, 5) is 24.0. The van der Waals surface area contributed by atoms with Crippen LogP contribution in [0.25, 0.3) is 0 Å². The molecule has 12 heteroatoms. The predicted molar refractivity (Wildman–Crippen MR) is 110 cm³/mol. The summed E-state index contributed by atoms with van der Waals surface area (Å²) in [6.07, 6.45) is -6.40. The van der Waals surface area contributed by atoms with Crippen molar-refractivity contribution in [1.29, 1.82) is 0 Å². The lowest BCUT2D eigenvalue weighted by Gasteiger charge is -2.11. The lowest BCUT2D eigenvalue weighted by molar-refractivity contribution is -0.153. The van der Waals surface area contributed by atoms with Crippen LogP contribution in [0.5, 0.6) is 0 Å². The Morgan fingerprint density at radius 2 is 1.75 bits per heavy atom. The van der Waals surface area contributed by atoms with Gasteiger partial charge in [0.1, 0.15) is 22.4 Å². The Balaban J connectivity index is 1.69. The molecule has 0 spiro atoms. The van der Waals surface area contributed by atoms with Crippen molar-refractivity contribution in [2.75, 3.05) is 5.32 Å². The summed E-state index contributed by atoms with van der Waals surface area (Å²) in [5, 5.41) is 4.55. The number of hydrogen-bond donors (Lipinski definition) is 2. The Morgan fingerprint density at radius 1 is 1.06 bits per heavy atom. The lowest BCUT2D eigenvalue weighted by Crippen LogP contribution is -2.28. The maximum absolute atomic E-state index is 14.0. The second-order valence-electron chi connectivity index (χ2n) is 7.20. The van der Waals surface area contributed by atoms with Crippen molar-refractivity contribution in [3.05, 3.63) is 64.2 Å². The van der Waals surface area contributed by atoms with Gasteiger partial charge in [-0.15, -0.1) is 23.2 Å². The molecule has 2 aromatic rings. The minimum absolute atomic E-state index is 0.100. The number of hydrogen-bond acceptors (Lipinski definition) is 2. The second-order valence-corrected chi connectivity index (χ2v) is 9.08. The largest absolute Gasteiger partial charge is 0.397 e. The maximum Gasteiger partial charge on any atom is 0.397 e. The minimum atomic E-state index is -4.69. The molecule has 1 saturated carbocycles. The SMILES string of the molecule is O=C(CC(F)(F)F)NCc1cc(NC(=O)C2C(c3cc(F)cc(Cl)c3)C2(Cl)Cl)ccc1F. The van der Waals surface area contributed by atoms with Gasteiger partial charge in [0.15, 0.2) is 0 Å². The zero-order valence-corrected chi connectivity index (χ0v) is 18.1. The Morgan fingerprint density at radius 3 is 2.38 bits per heavy atom. The van der Waals surface area contributed by atoms with Gasteiger partial charge in [0.05, 0.1) is 5.92 Å². The average molecular weight is 516 g/mol.